The van der Waals surface area contributed by atoms with Gasteiger partial charge in [-0.25, -0.2) is 0 Å². The van der Waals surface area contributed by atoms with Crippen molar-refractivity contribution in [3.05, 3.63) is 122 Å². The van der Waals surface area contributed by atoms with Crippen LogP contribution in [0.3, 0.4) is 0 Å². The first kappa shape index (κ1) is 76.4. The zero-order valence-electron chi connectivity index (χ0n) is 52.2. The van der Waals surface area contributed by atoms with E-state index in [1.807, 2.05) is 33.3 Å². The first-order valence-electron chi connectivity index (χ1n) is 32.3. The molecular weight excluding hydrogens is 1010 g/mol. The van der Waals surface area contributed by atoms with Crippen LogP contribution in [0.2, 0.25) is 0 Å². The predicted molar refractivity (Wildman–Crippen MR) is 343 cm³/mol. The summed E-state index contributed by atoms with van der Waals surface area (Å²) in [6, 6.07) is -0.914. The molecule has 0 aromatic carbocycles. The van der Waals surface area contributed by atoms with Gasteiger partial charge in [-0.1, -0.05) is 245 Å². The number of likely N-dealkylation sites (N-methyl/N-ethyl adjacent to an activating group) is 1. The fourth-order valence-electron chi connectivity index (χ4n) is 8.65. The van der Waals surface area contributed by atoms with Crippen LogP contribution in [0.15, 0.2) is 122 Å². The Bertz CT molecular complexity index is 1780. The second kappa shape index (κ2) is 58.6. The van der Waals surface area contributed by atoms with E-state index in [-0.39, 0.29) is 31.3 Å². The van der Waals surface area contributed by atoms with Gasteiger partial charge in [0.15, 0.2) is 0 Å². The highest BCUT2D eigenvalue weighted by Crippen LogP contribution is 2.38. The lowest BCUT2D eigenvalue weighted by atomic mass is 10.0. The van der Waals surface area contributed by atoms with Crippen LogP contribution in [0.1, 0.15) is 258 Å². The van der Waals surface area contributed by atoms with Crippen molar-refractivity contribution in [1.29, 1.82) is 0 Å². The number of phosphoric acid groups is 1. The first-order chi connectivity index (χ1) is 38.9. The normalized spacial score (nSPS) is 14.4. The maximum atomic E-state index is 13.6. The molecule has 0 aliphatic heterocycles. The Labute approximate surface area is 493 Å². The van der Waals surface area contributed by atoms with Crippen LogP contribution in [-0.2, 0) is 27.9 Å². The highest BCUT2D eigenvalue weighted by atomic mass is 31.2. The van der Waals surface area contributed by atoms with E-state index in [1.165, 1.54) is 77.0 Å². The molecule has 0 fully saturated rings. The second-order valence-corrected chi connectivity index (χ2v) is 23.9. The van der Waals surface area contributed by atoms with Crippen molar-refractivity contribution >= 4 is 19.7 Å². The molecule has 0 saturated heterocycles. The van der Waals surface area contributed by atoms with Gasteiger partial charge in [-0.15, -0.1) is 0 Å². The Morgan fingerprint density at radius 3 is 1.23 bits per heavy atom. The number of quaternary nitrogens is 1. The summed E-state index contributed by atoms with van der Waals surface area (Å²) in [6.45, 7) is 6.66. The molecule has 0 radical (unpaired) electrons. The van der Waals surface area contributed by atoms with Crippen LogP contribution in [0.25, 0.3) is 0 Å². The van der Waals surface area contributed by atoms with E-state index in [4.69, 9.17) is 13.8 Å². The zero-order chi connectivity index (χ0) is 58.6. The monoisotopic (exact) mass is 1130 g/mol. The lowest BCUT2D eigenvalue weighted by Crippen LogP contribution is -2.47. The number of ether oxygens (including phenoxy) is 1. The summed E-state index contributed by atoms with van der Waals surface area (Å²) < 4.78 is 30.3. The number of nitrogens with one attached hydrogen (secondary N) is 1. The molecule has 458 valence electrons. The average Bonchev–Trinajstić information content (AvgIpc) is 3.42. The zero-order valence-corrected chi connectivity index (χ0v) is 53.1. The van der Waals surface area contributed by atoms with Gasteiger partial charge in [0.05, 0.1) is 33.8 Å². The average molecular weight is 1130 g/mol. The van der Waals surface area contributed by atoms with Crippen molar-refractivity contribution in [2.75, 3.05) is 40.9 Å². The standard InChI is InChI=1S/C70H121N2O7P/c1-7-10-13-16-19-22-25-28-30-32-33-34-35-36-37-38-39-41-42-44-47-50-53-56-59-62-69(73)71-67(66-78-80(75,76)77-65-64-72(4,5)6)68(61-58-55-52-49-46-27-24-21-18-15-12-9-3)79-70(74)63-60-57-54-51-48-45-43-40-31-29-26-23-20-17-14-11-8-2/h10,13,19-20,22-23,28-31,33-34,36-37,39,41,43,45,58,61,67-68H,7-9,11-12,14-18,21,24-27,32,35,38,40,42,44,46-57,59-60,62-66H2,1-6H3,(H-,71,73,75,76)/b13-10-,22-19-,23-20-,30-28-,31-29-,34-33-,37-36-,41-39-,45-43-,61-58-. The maximum absolute atomic E-state index is 13.6. The molecule has 1 amide bonds. The van der Waals surface area contributed by atoms with Gasteiger partial charge < -0.3 is 28.5 Å². The minimum atomic E-state index is -4.72. The number of carbonyl (C=O) groups excluding carboxylic acids is 2. The Kier molecular flexibility index (Phi) is 56.0. The van der Waals surface area contributed by atoms with Crippen molar-refractivity contribution in [2.24, 2.45) is 0 Å². The molecule has 9 nitrogen and oxygen atoms in total. The van der Waals surface area contributed by atoms with Gasteiger partial charge in [-0.3, -0.25) is 14.2 Å². The highest BCUT2D eigenvalue weighted by Gasteiger charge is 2.27. The topological polar surface area (TPSA) is 114 Å². The van der Waals surface area contributed by atoms with Gasteiger partial charge >= 0.3 is 5.97 Å². The molecule has 1 N–H and O–H groups in total. The molecule has 3 atom stereocenters. The fraction of sp³-hybridized carbons (Fsp3) is 0.686. The van der Waals surface area contributed by atoms with E-state index in [1.54, 1.807) is 0 Å². The summed E-state index contributed by atoms with van der Waals surface area (Å²) in [5.74, 6) is -0.590. The van der Waals surface area contributed by atoms with Gasteiger partial charge in [0, 0.05) is 12.8 Å². The van der Waals surface area contributed by atoms with Gasteiger partial charge in [0.2, 0.25) is 5.91 Å². The SMILES string of the molecule is CC/C=C\C/C=C\C/C=C\C/C=C\C/C=C\C/C=C\CCCCCCCCC(=O)NC(COP(=O)([O-])OCC[N+](C)(C)C)C(/C=C\CCCCCCCCCCCC)OC(=O)CCCCCC/C=C\C/C=C\C/C=C\CCCCC. The van der Waals surface area contributed by atoms with Gasteiger partial charge in [-0.2, -0.15) is 0 Å². The van der Waals surface area contributed by atoms with Crippen molar-refractivity contribution in [2.45, 2.75) is 270 Å². The molecule has 0 heterocycles. The van der Waals surface area contributed by atoms with Gasteiger partial charge in [-0.05, 0) is 122 Å². The molecule has 0 spiro atoms. The van der Waals surface area contributed by atoms with Gasteiger partial charge in [0.1, 0.15) is 19.3 Å². The molecule has 0 aliphatic rings. The molecule has 0 bridgehead atoms. The predicted octanol–water partition coefficient (Wildman–Crippen LogP) is 19.6. The molecule has 0 aromatic rings. The number of carbonyl (C=O) groups is 2. The summed E-state index contributed by atoms with van der Waals surface area (Å²) in [7, 11) is 1.14. The van der Waals surface area contributed by atoms with E-state index in [0.29, 0.717) is 23.9 Å². The van der Waals surface area contributed by atoms with E-state index in [0.717, 1.165) is 135 Å². The number of nitrogens with zero attached hydrogens (tertiary/aromatic N) is 1. The van der Waals surface area contributed by atoms with Crippen LogP contribution < -0.4 is 10.2 Å². The number of esters is 1. The van der Waals surface area contributed by atoms with E-state index in [2.05, 4.69) is 135 Å². The third-order valence-electron chi connectivity index (χ3n) is 13.6. The van der Waals surface area contributed by atoms with Crippen LogP contribution in [0, 0.1) is 0 Å². The Balaban J connectivity index is 5.26. The minimum absolute atomic E-state index is 0.0357. The number of hydrogen-bond donors (Lipinski definition) is 1. The Hall–Kier alpha value is -3.59. The Morgan fingerprint density at radius 2 is 0.800 bits per heavy atom. The van der Waals surface area contributed by atoms with Crippen molar-refractivity contribution in [3.63, 3.8) is 0 Å². The Morgan fingerprint density at radius 1 is 0.450 bits per heavy atom. The number of phosphoric ester groups is 1. The van der Waals surface area contributed by atoms with Crippen LogP contribution in [0.5, 0.6) is 0 Å². The molecular formula is C70H121N2O7P. The number of allylic oxidation sites excluding steroid dienone is 19. The minimum Gasteiger partial charge on any atom is -0.756 e. The van der Waals surface area contributed by atoms with Crippen LogP contribution in [0.4, 0.5) is 0 Å². The molecule has 80 heavy (non-hydrogen) atoms. The molecule has 0 saturated carbocycles. The number of rotatable bonds is 57. The van der Waals surface area contributed by atoms with E-state index < -0.39 is 26.6 Å². The van der Waals surface area contributed by atoms with Crippen molar-refractivity contribution in [1.82, 2.24) is 5.32 Å². The summed E-state index contributed by atoms with van der Waals surface area (Å²) in [5, 5.41) is 3.02. The highest BCUT2D eigenvalue weighted by molar-refractivity contribution is 7.45. The summed E-state index contributed by atoms with van der Waals surface area (Å²) in [5.41, 5.74) is 0. The van der Waals surface area contributed by atoms with Crippen molar-refractivity contribution < 1.29 is 37.3 Å². The second-order valence-electron chi connectivity index (χ2n) is 22.5. The third-order valence-corrected chi connectivity index (χ3v) is 14.6. The third kappa shape index (κ3) is 59.0. The number of hydrogen-bond acceptors (Lipinski definition) is 7. The summed E-state index contributed by atoms with van der Waals surface area (Å²) in [6.07, 6.45) is 81.6. The summed E-state index contributed by atoms with van der Waals surface area (Å²) in [4.78, 5) is 40.0. The first-order valence-corrected chi connectivity index (χ1v) is 33.8. The fourth-order valence-corrected chi connectivity index (χ4v) is 9.37. The van der Waals surface area contributed by atoms with Crippen LogP contribution in [-0.4, -0.2) is 69.4 Å². The molecule has 0 aromatic heterocycles. The van der Waals surface area contributed by atoms with E-state index >= 15 is 0 Å². The lowest BCUT2D eigenvalue weighted by molar-refractivity contribution is -0.870. The molecule has 0 rings (SSSR count). The van der Waals surface area contributed by atoms with E-state index in [9.17, 15) is 19.0 Å². The number of amides is 1. The van der Waals surface area contributed by atoms with Crippen molar-refractivity contribution in [3.8, 4) is 0 Å². The quantitative estimate of drug-likeness (QED) is 0.0212. The molecule has 10 heteroatoms. The smallest absolute Gasteiger partial charge is 0.306 e. The number of unbranched alkanes of at least 4 members (excludes halogenated alkanes) is 23. The lowest BCUT2D eigenvalue weighted by Gasteiger charge is -2.30. The van der Waals surface area contributed by atoms with Crippen LogP contribution >= 0.6 is 7.82 Å². The molecule has 0 aliphatic carbocycles. The maximum Gasteiger partial charge on any atom is 0.306 e. The largest absolute Gasteiger partial charge is 0.756 e. The molecule has 3 unspecified atom stereocenters. The summed E-state index contributed by atoms with van der Waals surface area (Å²) >= 11 is 0. The van der Waals surface area contributed by atoms with Gasteiger partial charge in [0.25, 0.3) is 7.82 Å².